The van der Waals surface area contributed by atoms with Crippen LogP contribution in [0.1, 0.15) is 19.4 Å². The first kappa shape index (κ1) is 12.0. The molecule has 0 aliphatic rings. The Kier molecular flexibility index (Phi) is 4.15. The summed E-state index contributed by atoms with van der Waals surface area (Å²) in [4.78, 5) is 10.7. The van der Waals surface area contributed by atoms with Gasteiger partial charge in [0.1, 0.15) is 6.04 Å². The number of anilines is 1. The Hall–Kier alpha value is -1.03. The Morgan fingerprint density at radius 3 is 2.80 bits per heavy atom. The van der Waals surface area contributed by atoms with Crippen molar-refractivity contribution in [1.29, 1.82) is 0 Å². The summed E-state index contributed by atoms with van der Waals surface area (Å²) in [6.07, 6.45) is 0.869. The Morgan fingerprint density at radius 2 is 2.27 bits per heavy atom. The minimum absolute atomic E-state index is 0.573. The van der Waals surface area contributed by atoms with E-state index in [2.05, 4.69) is 21.2 Å². The van der Waals surface area contributed by atoms with Crippen molar-refractivity contribution < 1.29 is 9.90 Å². The highest BCUT2D eigenvalue weighted by Crippen LogP contribution is 2.22. The van der Waals surface area contributed by atoms with E-state index in [-0.39, 0.29) is 0 Å². The van der Waals surface area contributed by atoms with Gasteiger partial charge in [-0.3, -0.25) is 4.79 Å². The van der Waals surface area contributed by atoms with E-state index in [9.17, 15) is 4.79 Å². The van der Waals surface area contributed by atoms with E-state index in [1.807, 2.05) is 25.1 Å². The van der Waals surface area contributed by atoms with E-state index in [4.69, 9.17) is 5.11 Å². The Balaban J connectivity index is 2.89. The molecule has 1 atom stereocenters. The van der Waals surface area contributed by atoms with E-state index in [1.54, 1.807) is 6.92 Å². The predicted octanol–water partition coefficient (Wildman–Crippen LogP) is 2.90. The second-order valence-corrected chi connectivity index (χ2v) is 4.27. The largest absolute Gasteiger partial charge is 0.480 e. The highest BCUT2D eigenvalue weighted by Gasteiger charge is 2.11. The van der Waals surface area contributed by atoms with Crippen LogP contribution >= 0.6 is 15.9 Å². The normalized spacial score (nSPS) is 12.2. The molecule has 0 fully saturated rings. The van der Waals surface area contributed by atoms with Crippen LogP contribution in [-0.4, -0.2) is 17.1 Å². The summed E-state index contributed by atoms with van der Waals surface area (Å²) >= 11 is 3.39. The van der Waals surface area contributed by atoms with Crippen molar-refractivity contribution in [1.82, 2.24) is 0 Å². The Morgan fingerprint density at radius 1 is 1.60 bits per heavy atom. The van der Waals surface area contributed by atoms with E-state index in [0.29, 0.717) is 0 Å². The molecule has 0 aromatic heterocycles. The van der Waals surface area contributed by atoms with Crippen molar-refractivity contribution in [2.75, 3.05) is 5.32 Å². The Labute approximate surface area is 97.6 Å². The van der Waals surface area contributed by atoms with Gasteiger partial charge in [0, 0.05) is 10.2 Å². The summed E-state index contributed by atoms with van der Waals surface area (Å²) in [6.45, 7) is 3.67. The first-order valence-electron chi connectivity index (χ1n) is 4.82. The number of hydrogen-bond acceptors (Lipinski definition) is 2. The van der Waals surface area contributed by atoms with Gasteiger partial charge in [-0.15, -0.1) is 0 Å². The molecule has 3 nitrogen and oxygen atoms in total. The van der Waals surface area contributed by atoms with E-state index in [1.165, 1.54) is 0 Å². The molecule has 0 bridgehead atoms. The quantitative estimate of drug-likeness (QED) is 0.886. The monoisotopic (exact) mass is 271 g/mol. The van der Waals surface area contributed by atoms with Gasteiger partial charge in [0.25, 0.3) is 0 Å². The van der Waals surface area contributed by atoms with Crippen molar-refractivity contribution in [3.05, 3.63) is 28.2 Å². The number of halogens is 1. The van der Waals surface area contributed by atoms with Gasteiger partial charge < -0.3 is 10.4 Å². The maximum atomic E-state index is 10.7. The van der Waals surface area contributed by atoms with Gasteiger partial charge in [0.2, 0.25) is 0 Å². The van der Waals surface area contributed by atoms with E-state index < -0.39 is 12.0 Å². The average molecular weight is 272 g/mol. The lowest BCUT2D eigenvalue weighted by atomic mass is 10.1. The number of hydrogen-bond donors (Lipinski definition) is 2. The molecular formula is C11H14BrNO2. The van der Waals surface area contributed by atoms with Gasteiger partial charge in [0.05, 0.1) is 0 Å². The van der Waals surface area contributed by atoms with Gasteiger partial charge in [-0.1, -0.05) is 22.9 Å². The minimum Gasteiger partial charge on any atom is -0.480 e. The molecule has 82 valence electrons. The molecule has 2 N–H and O–H groups in total. The number of aryl methyl sites for hydroxylation is 1. The third kappa shape index (κ3) is 3.23. The number of carbonyl (C=O) groups is 1. The zero-order valence-corrected chi connectivity index (χ0v) is 10.3. The summed E-state index contributed by atoms with van der Waals surface area (Å²) in [7, 11) is 0. The van der Waals surface area contributed by atoms with Gasteiger partial charge in [0.15, 0.2) is 0 Å². The van der Waals surface area contributed by atoms with E-state index >= 15 is 0 Å². The fourth-order valence-electron chi connectivity index (χ4n) is 1.29. The summed E-state index contributed by atoms with van der Waals surface area (Å²) in [6, 6.07) is 5.21. The molecule has 0 aliphatic carbocycles. The fourth-order valence-corrected chi connectivity index (χ4v) is 1.70. The molecule has 1 rings (SSSR count). The molecule has 15 heavy (non-hydrogen) atoms. The van der Waals surface area contributed by atoms with E-state index in [0.717, 1.165) is 22.1 Å². The second kappa shape index (κ2) is 5.16. The number of carboxylic acids is 1. The van der Waals surface area contributed by atoms with Gasteiger partial charge in [-0.2, -0.15) is 0 Å². The number of rotatable bonds is 4. The van der Waals surface area contributed by atoms with Gasteiger partial charge in [-0.25, -0.2) is 0 Å². The molecule has 4 heteroatoms. The molecule has 1 unspecified atom stereocenters. The number of aliphatic carboxylic acids is 1. The van der Waals surface area contributed by atoms with Crippen molar-refractivity contribution in [2.24, 2.45) is 0 Å². The summed E-state index contributed by atoms with van der Waals surface area (Å²) in [5.41, 5.74) is 1.99. The van der Waals surface area contributed by atoms with Crippen LogP contribution < -0.4 is 5.32 Å². The van der Waals surface area contributed by atoms with Gasteiger partial charge >= 0.3 is 5.97 Å². The minimum atomic E-state index is -0.847. The van der Waals surface area contributed by atoms with Crippen LogP contribution in [0.2, 0.25) is 0 Å². The lowest BCUT2D eigenvalue weighted by Gasteiger charge is -2.14. The highest BCUT2D eigenvalue weighted by molar-refractivity contribution is 9.10. The zero-order chi connectivity index (χ0) is 11.4. The SMILES string of the molecule is CCc1cc(Br)ccc1NC(C)C(=O)O. The van der Waals surface area contributed by atoms with Crippen LogP contribution in [0.4, 0.5) is 5.69 Å². The molecule has 0 saturated heterocycles. The lowest BCUT2D eigenvalue weighted by molar-refractivity contribution is -0.137. The second-order valence-electron chi connectivity index (χ2n) is 3.36. The van der Waals surface area contributed by atoms with Gasteiger partial charge in [-0.05, 0) is 37.1 Å². The molecular weight excluding hydrogens is 258 g/mol. The van der Waals surface area contributed by atoms with Crippen molar-refractivity contribution in [2.45, 2.75) is 26.3 Å². The van der Waals surface area contributed by atoms with Crippen LogP contribution in [0.25, 0.3) is 0 Å². The number of carboxylic acid groups (broad SMARTS) is 1. The smallest absolute Gasteiger partial charge is 0.325 e. The first-order chi connectivity index (χ1) is 7.04. The first-order valence-corrected chi connectivity index (χ1v) is 5.61. The predicted molar refractivity (Wildman–Crippen MR) is 64.2 cm³/mol. The molecule has 1 aromatic carbocycles. The van der Waals surface area contributed by atoms with Crippen LogP contribution in [-0.2, 0) is 11.2 Å². The zero-order valence-electron chi connectivity index (χ0n) is 8.75. The maximum Gasteiger partial charge on any atom is 0.325 e. The highest BCUT2D eigenvalue weighted by atomic mass is 79.9. The molecule has 0 amide bonds. The molecule has 0 radical (unpaired) electrons. The maximum absolute atomic E-state index is 10.7. The van der Waals surface area contributed by atoms with Crippen LogP contribution in [0, 0.1) is 0 Å². The van der Waals surface area contributed by atoms with Crippen molar-refractivity contribution in [3.63, 3.8) is 0 Å². The lowest BCUT2D eigenvalue weighted by Crippen LogP contribution is -2.25. The average Bonchev–Trinajstić information content (AvgIpc) is 2.20. The third-order valence-corrected chi connectivity index (χ3v) is 2.68. The third-order valence-electron chi connectivity index (χ3n) is 2.19. The summed E-state index contributed by atoms with van der Waals surface area (Å²) < 4.78 is 1.01. The van der Waals surface area contributed by atoms with Crippen molar-refractivity contribution in [3.8, 4) is 0 Å². The fraction of sp³-hybridized carbons (Fsp3) is 0.364. The summed E-state index contributed by atoms with van der Waals surface area (Å²) in [5, 5.41) is 11.8. The van der Waals surface area contributed by atoms with Crippen LogP contribution in [0.5, 0.6) is 0 Å². The van der Waals surface area contributed by atoms with Crippen LogP contribution in [0.3, 0.4) is 0 Å². The topological polar surface area (TPSA) is 49.3 Å². The molecule has 0 heterocycles. The molecule has 0 saturated carbocycles. The molecule has 1 aromatic rings. The molecule has 0 spiro atoms. The Bertz CT molecular complexity index is 366. The number of benzene rings is 1. The van der Waals surface area contributed by atoms with Crippen LogP contribution in [0.15, 0.2) is 22.7 Å². The number of nitrogens with one attached hydrogen (secondary N) is 1. The molecule has 0 aliphatic heterocycles. The van der Waals surface area contributed by atoms with Crippen molar-refractivity contribution >= 4 is 27.6 Å². The standard InChI is InChI=1S/C11H14BrNO2/c1-3-8-6-9(12)4-5-10(8)13-7(2)11(14)15/h4-7,13H,3H2,1-2H3,(H,14,15). The summed E-state index contributed by atoms with van der Waals surface area (Å²) in [5.74, 6) is -0.847.